The summed E-state index contributed by atoms with van der Waals surface area (Å²) in [6.45, 7) is 2.10. The summed E-state index contributed by atoms with van der Waals surface area (Å²) < 4.78 is 5.05. The van der Waals surface area contributed by atoms with Gasteiger partial charge >= 0.3 is 0 Å². The third-order valence-electron chi connectivity index (χ3n) is 5.09. The number of anilines is 1. The van der Waals surface area contributed by atoms with Crippen molar-refractivity contribution in [1.82, 2.24) is 15.1 Å². The molecule has 0 aliphatic carbocycles. The molecule has 1 aromatic carbocycles. The van der Waals surface area contributed by atoms with Gasteiger partial charge in [0.15, 0.2) is 0 Å². The fourth-order valence-corrected chi connectivity index (χ4v) is 4.58. The van der Waals surface area contributed by atoms with Crippen LogP contribution in [0.2, 0.25) is 0 Å². The first kappa shape index (κ1) is 18.1. The molecule has 27 heavy (non-hydrogen) atoms. The summed E-state index contributed by atoms with van der Waals surface area (Å²) in [7, 11) is 1.59. The second kappa shape index (κ2) is 7.74. The van der Waals surface area contributed by atoms with E-state index in [0.717, 1.165) is 24.4 Å². The molecule has 7 nitrogen and oxygen atoms in total. The summed E-state index contributed by atoms with van der Waals surface area (Å²) in [5.74, 6) is -0.328. The van der Waals surface area contributed by atoms with Gasteiger partial charge in [-0.05, 0) is 24.0 Å². The van der Waals surface area contributed by atoms with E-state index in [1.54, 1.807) is 12.0 Å². The number of fused-ring (bicyclic) bond motifs is 1. The van der Waals surface area contributed by atoms with Gasteiger partial charge in [0.1, 0.15) is 11.6 Å². The summed E-state index contributed by atoms with van der Waals surface area (Å²) in [4.78, 5) is 29.1. The number of carbonyl (C=O) groups excluding carboxylic acids is 2. The van der Waals surface area contributed by atoms with Crippen LogP contribution in [0.15, 0.2) is 24.3 Å². The Morgan fingerprint density at radius 2 is 2.11 bits per heavy atom. The van der Waals surface area contributed by atoms with E-state index in [2.05, 4.69) is 22.3 Å². The topological polar surface area (TPSA) is 75.6 Å². The van der Waals surface area contributed by atoms with Crippen molar-refractivity contribution in [2.75, 3.05) is 25.1 Å². The third-order valence-corrected chi connectivity index (χ3v) is 6.01. The standard InChI is InChI=1S/C19H22N4O3S/c1-26-12-16-20-21-19(27-16)23-11-15(9-17(23)24)18(25)22-8-4-7-13-5-2-3-6-14(13)10-22/h2-3,5-6,15H,4,7-12H2,1H3. The molecule has 2 aromatic rings. The second-order valence-corrected chi connectivity index (χ2v) is 7.99. The Kier molecular flexibility index (Phi) is 5.18. The first-order valence-corrected chi connectivity index (χ1v) is 9.94. The summed E-state index contributed by atoms with van der Waals surface area (Å²) >= 11 is 1.33. The van der Waals surface area contributed by atoms with Crippen LogP contribution in [0, 0.1) is 5.92 Å². The minimum absolute atomic E-state index is 0.0594. The highest BCUT2D eigenvalue weighted by molar-refractivity contribution is 7.15. The smallest absolute Gasteiger partial charge is 0.229 e. The lowest BCUT2D eigenvalue weighted by molar-refractivity contribution is -0.136. The van der Waals surface area contributed by atoms with Gasteiger partial charge in [-0.15, -0.1) is 10.2 Å². The van der Waals surface area contributed by atoms with Crippen LogP contribution in [0.25, 0.3) is 0 Å². The highest BCUT2D eigenvalue weighted by Crippen LogP contribution is 2.30. The van der Waals surface area contributed by atoms with E-state index in [0.29, 0.717) is 24.8 Å². The van der Waals surface area contributed by atoms with E-state index in [1.807, 2.05) is 17.0 Å². The molecule has 2 aliphatic rings. The molecule has 4 rings (SSSR count). The Bertz CT molecular complexity index is 853. The summed E-state index contributed by atoms with van der Waals surface area (Å²) in [5.41, 5.74) is 2.52. The SMILES string of the molecule is COCc1nnc(N2CC(C(=O)N3CCCc4ccccc4C3)CC2=O)s1. The van der Waals surface area contributed by atoms with Crippen LogP contribution in [0.3, 0.4) is 0 Å². The molecule has 0 bridgehead atoms. The van der Waals surface area contributed by atoms with Gasteiger partial charge in [-0.1, -0.05) is 35.6 Å². The maximum absolute atomic E-state index is 13.1. The van der Waals surface area contributed by atoms with E-state index in [1.165, 1.54) is 22.5 Å². The van der Waals surface area contributed by atoms with E-state index in [4.69, 9.17) is 4.74 Å². The molecule has 0 spiro atoms. The number of benzene rings is 1. The molecule has 1 aromatic heterocycles. The lowest BCUT2D eigenvalue weighted by Gasteiger charge is -2.24. The molecule has 2 amide bonds. The zero-order valence-electron chi connectivity index (χ0n) is 15.3. The maximum atomic E-state index is 13.1. The average Bonchev–Trinajstić information content (AvgIpc) is 3.21. The number of ether oxygens (including phenoxy) is 1. The molecule has 1 atom stereocenters. The predicted octanol–water partition coefficient (Wildman–Crippen LogP) is 2.01. The Balaban J connectivity index is 1.46. The number of aryl methyl sites for hydroxylation is 1. The van der Waals surface area contributed by atoms with Crippen LogP contribution < -0.4 is 4.90 Å². The van der Waals surface area contributed by atoms with Crippen molar-refractivity contribution in [3.63, 3.8) is 0 Å². The zero-order valence-corrected chi connectivity index (χ0v) is 16.1. The van der Waals surface area contributed by atoms with Crippen molar-refractivity contribution in [3.8, 4) is 0 Å². The Morgan fingerprint density at radius 1 is 1.30 bits per heavy atom. The predicted molar refractivity (Wildman–Crippen MR) is 101 cm³/mol. The van der Waals surface area contributed by atoms with Crippen molar-refractivity contribution in [2.45, 2.75) is 32.4 Å². The number of rotatable bonds is 4. The number of hydrogen-bond donors (Lipinski definition) is 0. The molecular weight excluding hydrogens is 364 g/mol. The highest BCUT2D eigenvalue weighted by Gasteiger charge is 2.38. The first-order valence-electron chi connectivity index (χ1n) is 9.13. The lowest BCUT2D eigenvalue weighted by atomic mass is 10.0. The molecule has 1 unspecified atom stereocenters. The van der Waals surface area contributed by atoms with Gasteiger partial charge in [-0.2, -0.15) is 0 Å². The average molecular weight is 386 g/mol. The van der Waals surface area contributed by atoms with Crippen molar-refractivity contribution in [1.29, 1.82) is 0 Å². The van der Waals surface area contributed by atoms with Crippen molar-refractivity contribution >= 4 is 28.3 Å². The monoisotopic (exact) mass is 386 g/mol. The fraction of sp³-hybridized carbons (Fsp3) is 0.474. The molecule has 8 heteroatoms. The molecule has 2 aliphatic heterocycles. The van der Waals surface area contributed by atoms with Crippen LogP contribution in [0.1, 0.15) is 29.0 Å². The minimum atomic E-state index is -0.322. The van der Waals surface area contributed by atoms with Gasteiger partial charge in [0.2, 0.25) is 16.9 Å². The molecule has 142 valence electrons. The van der Waals surface area contributed by atoms with Gasteiger partial charge in [0, 0.05) is 33.2 Å². The Hall–Kier alpha value is -2.32. The van der Waals surface area contributed by atoms with E-state index >= 15 is 0 Å². The molecule has 1 fully saturated rings. The largest absolute Gasteiger partial charge is 0.377 e. The number of nitrogens with zero attached hydrogens (tertiary/aromatic N) is 4. The number of hydrogen-bond acceptors (Lipinski definition) is 6. The van der Waals surface area contributed by atoms with Gasteiger partial charge in [-0.3, -0.25) is 14.5 Å². The molecular formula is C19H22N4O3S. The molecule has 1 saturated heterocycles. The van der Waals surface area contributed by atoms with Crippen molar-refractivity contribution in [2.24, 2.45) is 5.92 Å². The van der Waals surface area contributed by atoms with Crippen LogP contribution >= 0.6 is 11.3 Å². The van der Waals surface area contributed by atoms with Gasteiger partial charge in [-0.25, -0.2) is 0 Å². The fourth-order valence-electron chi connectivity index (χ4n) is 3.74. The van der Waals surface area contributed by atoms with Crippen molar-refractivity contribution < 1.29 is 14.3 Å². The number of aromatic nitrogens is 2. The van der Waals surface area contributed by atoms with Crippen LogP contribution in [0.4, 0.5) is 5.13 Å². The van der Waals surface area contributed by atoms with Gasteiger partial charge in [0.25, 0.3) is 0 Å². The maximum Gasteiger partial charge on any atom is 0.229 e. The van der Waals surface area contributed by atoms with Crippen LogP contribution in [-0.4, -0.2) is 47.1 Å². The van der Waals surface area contributed by atoms with E-state index < -0.39 is 0 Å². The lowest BCUT2D eigenvalue weighted by Crippen LogP contribution is -2.37. The third kappa shape index (κ3) is 3.72. The molecule has 0 N–H and O–H groups in total. The molecule has 3 heterocycles. The van der Waals surface area contributed by atoms with Crippen LogP contribution in [-0.2, 0) is 33.9 Å². The molecule has 0 radical (unpaired) electrons. The molecule has 0 saturated carbocycles. The van der Waals surface area contributed by atoms with E-state index in [9.17, 15) is 9.59 Å². The Labute approximate surface area is 161 Å². The normalized spacial score (nSPS) is 19.9. The summed E-state index contributed by atoms with van der Waals surface area (Å²) in [6.07, 6.45) is 2.17. The van der Waals surface area contributed by atoms with Gasteiger partial charge in [0.05, 0.1) is 5.92 Å². The number of methoxy groups -OCH3 is 1. The highest BCUT2D eigenvalue weighted by atomic mass is 32.1. The Morgan fingerprint density at radius 3 is 2.93 bits per heavy atom. The number of carbonyl (C=O) groups is 2. The second-order valence-electron chi connectivity index (χ2n) is 6.95. The quantitative estimate of drug-likeness (QED) is 0.804. The summed E-state index contributed by atoms with van der Waals surface area (Å²) in [6, 6.07) is 8.28. The van der Waals surface area contributed by atoms with Crippen molar-refractivity contribution in [3.05, 3.63) is 40.4 Å². The van der Waals surface area contributed by atoms with E-state index in [-0.39, 0.29) is 24.2 Å². The first-order chi connectivity index (χ1) is 13.2. The number of amides is 2. The summed E-state index contributed by atoms with van der Waals surface area (Å²) in [5, 5.41) is 9.39. The van der Waals surface area contributed by atoms with Crippen LogP contribution in [0.5, 0.6) is 0 Å². The van der Waals surface area contributed by atoms with Gasteiger partial charge < -0.3 is 9.64 Å². The zero-order chi connectivity index (χ0) is 18.8. The minimum Gasteiger partial charge on any atom is -0.377 e.